The van der Waals surface area contributed by atoms with Crippen molar-refractivity contribution >= 4 is 23.4 Å². The van der Waals surface area contributed by atoms with E-state index in [9.17, 15) is 4.39 Å². The maximum absolute atomic E-state index is 13.9. The highest BCUT2D eigenvalue weighted by atomic mass is 35.5. The van der Waals surface area contributed by atoms with Gasteiger partial charge in [0.15, 0.2) is 5.82 Å². The Balaban J connectivity index is 1.80. The van der Waals surface area contributed by atoms with E-state index in [-0.39, 0.29) is 11.2 Å². The first-order valence-electron chi connectivity index (χ1n) is 8.14. The van der Waals surface area contributed by atoms with Crippen LogP contribution in [0.4, 0.5) is 4.39 Å². The van der Waals surface area contributed by atoms with Crippen LogP contribution in [-0.2, 0) is 11.2 Å². The van der Waals surface area contributed by atoms with Crippen molar-refractivity contribution in [2.75, 3.05) is 5.84 Å². The number of hydrogen-bond acceptors (Lipinski definition) is 4. The molecule has 0 saturated carbocycles. The Kier molecular flexibility index (Phi) is 5.25. The second-order valence-electron chi connectivity index (χ2n) is 6.99. The number of rotatable bonds is 4. The molecule has 0 atom stereocenters. The molecule has 0 aliphatic carbocycles. The molecule has 0 aliphatic heterocycles. The van der Waals surface area contributed by atoms with E-state index in [0.29, 0.717) is 27.3 Å². The molecule has 4 nitrogen and oxygen atoms in total. The third-order valence-electron chi connectivity index (χ3n) is 4.08. The van der Waals surface area contributed by atoms with E-state index in [1.807, 2.05) is 12.1 Å². The number of aromatic nitrogens is 3. The summed E-state index contributed by atoms with van der Waals surface area (Å²) in [6.45, 7) is 6.49. The van der Waals surface area contributed by atoms with Crippen LogP contribution >= 0.6 is 23.4 Å². The Morgan fingerprint density at radius 2 is 1.81 bits per heavy atom. The predicted molar refractivity (Wildman–Crippen MR) is 105 cm³/mol. The van der Waals surface area contributed by atoms with Crippen LogP contribution in [-0.4, -0.2) is 14.9 Å². The minimum Gasteiger partial charge on any atom is -0.335 e. The quantitative estimate of drug-likeness (QED) is 0.500. The van der Waals surface area contributed by atoms with E-state index >= 15 is 0 Å². The summed E-state index contributed by atoms with van der Waals surface area (Å²) in [4.78, 5) is 0. The molecule has 26 heavy (non-hydrogen) atoms. The Morgan fingerprint density at radius 1 is 1.12 bits per heavy atom. The molecule has 136 valence electrons. The Labute approximate surface area is 161 Å². The molecule has 3 rings (SSSR count). The van der Waals surface area contributed by atoms with Crippen LogP contribution < -0.4 is 5.84 Å². The molecule has 1 heterocycles. The molecular weight excluding hydrogens is 371 g/mol. The summed E-state index contributed by atoms with van der Waals surface area (Å²) in [6, 6.07) is 12.7. The van der Waals surface area contributed by atoms with Gasteiger partial charge in [-0.05, 0) is 23.1 Å². The lowest BCUT2D eigenvalue weighted by Crippen LogP contribution is -2.12. The first kappa shape index (κ1) is 18.7. The molecule has 1 aromatic heterocycles. The predicted octanol–water partition coefficient (Wildman–Crippen LogP) is 5.04. The topological polar surface area (TPSA) is 56.7 Å². The van der Waals surface area contributed by atoms with Crippen molar-refractivity contribution in [3.05, 3.63) is 64.4 Å². The molecule has 0 aliphatic rings. The first-order valence-corrected chi connectivity index (χ1v) is 9.51. The normalized spacial score (nSPS) is 11.7. The molecule has 7 heteroatoms. The van der Waals surface area contributed by atoms with Crippen molar-refractivity contribution in [2.45, 2.75) is 37.1 Å². The standard InChI is InChI=1S/C19H20ClFN4S/c1-19(2,3)13-9-7-12(8-10-13)17-23-24-18(25(17)22)26-11-14-15(20)5-4-6-16(14)21/h4-10H,11,22H2,1-3H3. The average molecular weight is 391 g/mol. The fourth-order valence-corrected chi connectivity index (χ4v) is 3.70. The number of nitrogens with two attached hydrogens (primary N) is 1. The minimum absolute atomic E-state index is 0.0783. The third-order valence-corrected chi connectivity index (χ3v) is 5.40. The third kappa shape index (κ3) is 3.86. The van der Waals surface area contributed by atoms with Crippen LogP contribution in [0.1, 0.15) is 31.9 Å². The van der Waals surface area contributed by atoms with Gasteiger partial charge in [-0.25, -0.2) is 9.07 Å². The summed E-state index contributed by atoms with van der Waals surface area (Å²) < 4.78 is 15.3. The first-order chi connectivity index (χ1) is 12.3. The lowest BCUT2D eigenvalue weighted by molar-refractivity contribution is 0.590. The summed E-state index contributed by atoms with van der Waals surface area (Å²) in [6.07, 6.45) is 0. The van der Waals surface area contributed by atoms with Gasteiger partial charge < -0.3 is 5.84 Å². The Hall–Kier alpha value is -2.05. The fraction of sp³-hybridized carbons (Fsp3) is 0.263. The van der Waals surface area contributed by atoms with E-state index in [4.69, 9.17) is 17.4 Å². The minimum atomic E-state index is -0.342. The van der Waals surface area contributed by atoms with Crippen LogP contribution in [0.3, 0.4) is 0 Å². The number of hydrogen-bond donors (Lipinski definition) is 1. The maximum atomic E-state index is 13.9. The molecule has 2 N–H and O–H groups in total. The van der Waals surface area contributed by atoms with Crippen LogP contribution in [0.15, 0.2) is 47.6 Å². The molecule has 2 aromatic carbocycles. The molecule has 0 unspecified atom stereocenters. The molecular formula is C19H20ClFN4S. The van der Waals surface area contributed by atoms with Gasteiger partial charge in [0.05, 0.1) is 0 Å². The maximum Gasteiger partial charge on any atom is 0.210 e. The van der Waals surface area contributed by atoms with Crippen LogP contribution in [0.5, 0.6) is 0 Å². The highest BCUT2D eigenvalue weighted by Gasteiger charge is 2.17. The zero-order chi connectivity index (χ0) is 18.9. The van der Waals surface area contributed by atoms with E-state index in [0.717, 1.165) is 5.56 Å². The number of nitrogens with zero attached hydrogens (tertiary/aromatic N) is 3. The zero-order valence-electron chi connectivity index (χ0n) is 14.8. The van der Waals surface area contributed by atoms with Gasteiger partial charge in [0.1, 0.15) is 5.82 Å². The molecule has 0 spiro atoms. The van der Waals surface area contributed by atoms with Gasteiger partial charge >= 0.3 is 0 Å². The van der Waals surface area contributed by atoms with Crippen molar-refractivity contribution in [2.24, 2.45) is 0 Å². The lowest BCUT2D eigenvalue weighted by Gasteiger charge is -2.19. The summed E-state index contributed by atoms with van der Waals surface area (Å²) >= 11 is 7.35. The van der Waals surface area contributed by atoms with Gasteiger partial charge in [-0.2, -0.15) is 0 Å². The number of nitrogen functional groups attached to an aromatic ring is 1. The number of halogens is 2. The van der Waals surface area contributed by atoms with Gasteiger partial charge in [0.25, 0.3) is 0 Å². The highest BCUT2D eigenvalue weighted by molar-refractivity contribution is 7.98. The SMILES string of the molecule is CC(C)(C)c1ccc(-c2nnc(SCc3c(F)cccc3Cl)n2N)cc1. The lowest BCUT2D eigenvalue weighted by atomic mass is 9.87. The van der Waals surface area contributed by atoms with E-state index < -0.39 is 0 Å². The zero-order valence-corrected chi connectivity index (χ0v) is 16.4. The number of benzene rings is 2. The van der Waals surface area contributed by atoms with Crippen LogP contribution in [0.25, 0.3) is 11.4 Å². The Bertz CT molecular complexity index is 896. The van der Waals surface area contributed by atoms with Crippen molar-refractivity contribution in [3.63, 3.8) is 0 Å². The van der Waals surface area contributed by atoms with Gasteiger partial charge in [-0.1, -0.05) is 74.5 Å². The van der Waals surface area contributed by atoms with Crippen molar-refractivity contribution < 1.29 is 4.39 Å². The van der Waals surface area contributed by atoms with Crippen molar-refractivity contribution in [1.82, 2.24) is 14.9 Å². The summed E-state index contributed by atoms with van der Waals surface area (Å²) in [7, 11) is 0. The van der Waals surface area contributed by atoms with Gasteiger partial charge in [-0.3, -0.25) is 0 Å². The Morgan fingerprint density at radius 3 is 2.42 bits per heavy atom. The monoisotopic (exact) mass is 390 g/mol. The molecule has 0 radical (unpaired) electrons. The van der Waals surface area contributed by atoms with Crippen LogP contribution in [0.2, 0.25) is 5.02 Å². The average Bonchev–Trinajstić information content (AvgIpc) is 2.95. The molecule has 3 aromatic rings. The smallest absolute Gasteiger partial charge is 0.210 e. The molecule has 0 amide bonds. The van der Waals surface area contributed by atoms with E-state index in [2.05, 4.69) is 43.1 Å². The van der Waals surface area contributed by atoms with Gasteiger partial charge in [-0.15, -0.1) is 10.2 Å². The molecule has 0 saturated heterocycles. The van der Waals surface area contributed by atoms with Gasteiger partial charge in [0.2, 0.25) is 5.16 Å². The second-order valence-corrected chi connectivity index (χ2v) is 8.34. The number of thioether (sulfide) groups is 1. The summed E-state index contributed by atoms with van der Waals surface area (Å²) in [5, 5.41) is 9.19. The highest BCUT2D eigenvalue weighted by Crippen LogP contribution is 2.29. The van der Waals surface area contributed by atoms with Crippen LogP contribution in [0, 0.1) is 5.82 Å². The molecule has 0 bridgehead atoms. The van der Waals surface area contributed by atoms with E-state index in [1.165, 1.54) is 28.1 Å². The summed E-state index contributed by atoms with van der Waals surface area (Å²) in [5.41, 5.74) is 2.62. The largest absolute Gasteiger partial charge is 0.335 e. The van der Waals surface area contributed by atoms with Crippen molar-refractivity contribution in [3.8, 4) is 11.4 Å². The van der Waals surface area contributed by atoms with Gasteiger partial charge in [0, 0.05) is 21.9 Å². The fourth-order valence-electron chi connectivity index (χ4n) is 2.50. The second kappa shape index (κ2) is 7.29. The van der Waals surface area contributed by atoms with E-state index in [1.54, 1.807) is 12.1 Å². The summed E-state index contributed by atoms with van der Waals surface area (Å²) in [5.74, 6) is 6.69. The van der Waals surface area contributed by atoms with Crippen molar-refractivity contribution in [1.29, 1.82) is 0 Å². The molecule has 0 fully saturated rings.